The van der Waals surface area contributed by atoms with Crippen LogP contribution in [0.1, 0.15) is 5.69 Å². The van der Waals surface area contributed by atoms with Gasteiger partial charge in [0.1, 0.15) is 11.6 Å². The molecule has 36 heavy (non-hydrogen) atoms. The molecule has 4 heterocycles. The maximum absolute atomic E-state index is 12.8. The third-order valence-electron chi connectivity index (χ3n) is 5.16. The number of aryl methyl sites for hydroxylation is 1. The monoisotopic (exact) mass is 505 g/mol. The third-order valence-corrected chi connectivity index (χ3v) is 5.43. The lowest BCUT2D eigenvalue weighted by molar-refractivity contribution is 0.627. The van der Waals surface area contributed by atoms with Gasteiger partial charge in [-0.1, -0.05) is 11.6 Å². The molecule has 0 spiro atoms. The topological polar surface area (TPSA) is 86.4 Å². The van der Waals surface area contributed by atoms with Crippen molar-refractivity contribution in [1.29, 1.82) is 0 Å². The Morgan fingerprint density at radius 3 is 1.61 bits per heavy atom. The molecule has 0 aliphatic carbocycles. The summed E-state index contributed by atoms with van der Waals surface area (Å²) in [6, 6.07) is 12.5. The highest BCUT2D eigenvalue weighted by atomic mass is 35.5. The number of nitrogens with two attached hydrogens (primary N) is 1. The molecule has 0 aliphatic heterocycles. The maximum atomic E-state index is 12.8. The van der Waals surface area contributed by atoms with Crippen LogP contribution in [0.25, 0.3) is 33.8 Å². The zero-order valence-corrected chi connectivity index (χ0v) is 20.2. The lowest BCUT2D eigenvalue weighted by atomic mass is 10.2. The van der Waals surface area contributed by atoms with Gasteiger partial charge < -0.3 is 14.5 Å². The number of hydrogen-bond acceptors (Lipinski definition) is 5. The predicted octanol–water partition coefficient (Wildman–Crippen LogP) is 5.61. The summed E-state index contributed by atoms with van der Waals surface area (Å²) in [6.07, 6.45) is 10.7. The molecule has 2 aromatic carbocycles. The fraction of sp³-hybridized carbons (Fsp3) is 0.0769. The molecule has 0 aliphatic rings. The van der Waals surface area contributed by atoms with Crippen molar-refractivity contribution in [2.24, 2.45) is 5.73 Å². The minimum Gasteiger partial charge on any atom is -0.333 e. The van der Waals surface area contributed by atoms with Gasteiger partial charge in [-0.15, -0.1) is 0 Å². The van der Waals surface area contributed by atoms with E-state index in [1.807, 2.05) is 29.9 Å². The van der Waals surface area contributed by atoms with Crippen LogP contribution < -0.4 is 5.73 Å². The first-order valence-electron chi connectivity index (χ1n) is 10.9. The minimum atomic E-state index is -0.266. The summed E-state index contributed by atoms with van der Waals surface area (Å²) in [7, 11) is 1.50. The molecule has 10 heteroatoms. The van der Waals surface area contributed by atoms with E-state index < -0.39 is 0 Å². The lowest BCUT2D eigenvalue weighted by Crippen LogP contribution is -1.88. The molecule has 0 saturated heterocycles. The Balaban J connectivity index is 0.000000158. The summed E-state index contributed by atoms with van der Waals surface area (Å²) in [5, 5.41) is 0.348. The van der Waals surface area contributed by atoms with E-state index in [-0.39, 0.29) is 11.6 Å². The third kappa shape index (κ3) is 5.37. The summed E-state index contributed by atoms with van der Waals surface area (Å²) in [5.41, 5.74) is 10.1. The van der Waals surface area contributed by atoms with Crippen LogP contribution in [0.15, 0.2) is 85.7 Å². The van der Waals surface area contributed by atoms with Gasteiger partial charge >= 0.3 is 0 Å². The fourth-order valence-electron chi connectivity index (χ4n) is 3.46. The highest BCUT2D eigenvalue weighted by Crippen LogP contribution is 2.22. The summed E-state index contributed by atoms with van der Waals surface area (Å²) in [4.78, 5) is 17.0. The number of imidazole rings is 2. The van der Waals surface area contributed by atoms with Crippen LogP contribution in [0.2, 0.25) is 5.15 Å². The van der Waals surface area contributed by atoms with Crippen molar-refractivity contribution in [3.8, 4) is 22.5 Å². The zero-order chi connectivity index (χ0) is 25.7. The number of benzene rings is 2. The molecule has 0 amide bonds. The van der Waals surface area contributed by atoms with Gasteiger partial charge in [0.15, 0.2) is 16.4 Å². The average molecular weight is 506 g/mol. The first kappa shape index (κ1) is 24.9. The number of halogens is 3. The first-order valence-corrected chi connectivity index (χ1v) is 11.2. The van der Waals surface area contributed by atoms with Crippen molar-refractivity contribution < 1.29 is 8.78 Å². The van der Waals surface area contributed by atoms with Crippen molar-refractivity contribution in [3.05, 3.63) is 108 Å². The number of fused-ring (bicyclic) bond motifs is 2. The van der Waals surface area contributed by atoms with Gasteiger partial charge in [0.2, 0.25) is 0 Å². The summed E-state index contributed by atoms with van der Waals surface area (Å²) < 4.78 is 29.4. The molecular formula is C26H22ClF2N7. The minimum absolute atomic E-state index is 0.240. The van der Waals surface area contributed by atoms with Crippen LogP contribution in [-0.4, -0.2) is 35.8 Å². The second-order valence-electron chi connectivity index (χ2n) is 7.46. The Bertz CT molecular complexity index is 1470. The van der Waals surface area contributed by atoms with Crippen molar-refractivity contribution in [2.75, 3.05) is 7.05 Å². The Morgan fingerprint density at radius 1 is 0.694 bits per heavy atom. The molecule has 6 rings (SSSR count). The van der Waals surface area contributed by atoms with Gasteiger partial charge in [-0.25, -0.2) is 23.7 Å². The average Bonchev–Trinajstić information content (AvgIpc) is 3.53. The number of rotatable bonds is 2. The smallest absolute Gasteiger partial charge is 0.175 e. The van der Waals surface area contributed by atoms with E-state index in [0.29, 0.717) is 10.8 Å². The largest absolute Gasteiger partial charge is 0.333 e. The van der Waals surface area contributed by atoms with Crippen LogP contribution >= 0.6 is 11.6 Å². The molecule has 6 aromatic rings. The fourth-order valence-corrected chi connectivity index (χ4v) is 3.65. The summed E-state index contributed by atoms with van der Waals surface area (Å²) >= 11 is 5.93. The first-order chi connectivity index (χ1) is 17.5. The quantitative estimate of drug-likeness (QED) is 0.330. The van der Waals surface area contributed by atoms with Crippen LogP contribution in [0.3, 0.4) is 0 Å². The van der Waals surface area contributed by atoms with Gasteiger partial charge in [-0.2, -0.15) is 0 Å². The van der Waals surface area contributed by atoms with Crippen LogP contribution in [-0.2, 0) is 0 Å². The van der Waals surface area contributed by atoms with Crippen molar-refractivity contribution >= 4 is 22.9 Å². The summed E-state index contributed by atoms with van der Waals surface area (Å²) in [5.74, 6) is -0.507. The van der Waals surface area contributed by atoms with E-state index in [1.54, 1.807) is 47.3 Å². The van der Waals surface area contributed by atoms with E-state index in [4.69, 9.17) is 11.6 Å². The number of nitrogens with zero attached hydrogens (tertiary/aromatic N) is 6. The lowest BCUT2D eigenvalue weighted by Gasteiger charge is -1.94. The highest BCUT2D eigenvalue weighted by molar-refractivity contribution is 6.32. The van der Waals surface area contributed by atoms with Gasteiger partial charge in [0.05, 0.1) is 17.1 Å². The van der Waals surface area contributed by atoms with E-state index in [1.165, 1.54) is 31.3 Å². The van der Waals surface area contributed by atoms with E-state index in [2.05, 4.69) is 25.7 Å². The second kappa shape index (κ2) is 11.0. The van der Waals surface area contributed by atoms with Crippen molar-refractivity contribution in [3.63, 3.8) is 0 Å². The molecule has 0 atom stereocenters. The van der Waals surface area contributed by atoms with E-state index in [0.717, 1.165) is 33.9 Å². The number of hydrogen-bond donors (Lipinski definition) is 1. The molecule has 2 N–H and O–H groups in total. The van der Waals surface area contributed by atoms with Gasteiger partial charge in [0, 0.05) is 48.3 Å². The molecule has 182 valence electrons. The molecule has 4 aromatic heterocycles. The van der Waals surface area contributed by atoms with E-state index in [9.17, 15) is 8.78 Å². The standard InChI is InChI=1S/C13H10FN3.C12H7ClFN3.CH5N/c1-9-13-16-12(8-17(13)7-6-15-9)10-2-4-11(14)5-3-10;13-11-12-16-10(7-17(12)6-5-15-11)8-1-3-9(14)4-2-8;1-2/h2-8H,1H3;1-7H;2H2,1H3. The SMILES string of the molecule is CN.Cc1nccn2cc(-c3ccc(F)cc3)nc12.Fc1ccc(-c2cn3ccnc(Cl)c3n2)cc1. The second-order valence-corrected chi connectivity index (χ2v) is 7.82. The normalized spacial score (nSPS) is 10.5. The Morgan fingerprint density at radius 2 is 1.14 bits per heavy atom. The number of aromatic nitrogens is 6. The van der Waals surface area contributed by atoms with Crippen LogP contribution in [0, 0.1) is 18.6 Å². The molecular weight excluding hydrogens is 484 g/mol. The Labute approximate surface area is 210 Å². The van der Waals surface area contributed by atoms with Crippen LogP contribution in [0.4, 0.5) is 8.78 Å². The molecule has 0 radical (unpaired) electrons. The highest BCUT2D eigenvalue weighted by Gasteiger charge is 2.08. The molecule has 0 saturated carbocycles. The molecule has 0 fully saturated rings. The van der Waals surface area contributed by atoms with Crippen molar-refractivity contribution in [2.45, 2.75) is 6.92 Å². The van der Waals surface area contributed by atoms with Crippen LogP contribution in [0.5, 0.6) is 0 Å². The van der Waals surface area contributed by atoms with E-state index >= 15 is 0 Å². The molecule has 0 unspecified atom stereocenters. The Hall–Kier alpha value is -4.21. The van der Waals surface area contributed by atoms with Gasteiger partial charge in [0.25, 0.3) is 0 Å². The predicted molar refractivity (Wildman–Crippen MR) is 137 cm³/mol. The summed E-state index contributed by atoms with van der Waals surface area (Å²) in [6.45, 7) is 1.91. The van der Waals surface area contributed by atoms with Crippen molar-refractivity contribution in [1.82, 2.24) is 28.7 Å². The Kier molecular flexibility index (Phi) is 7.62. The zero-order valence-electron chi connectivity index (χ0n) is 19.5. The van der Waals surface area contributed by atoms with Gasteiger partial charge in [-0.05, 0) is 62.5 Å². The van der Waals surface area contributed by atoms with Gasteiger partial charge in [-0.3, -0.25) is 4.98 Å². The molecule has 0 bridgehead atoms. The molecule has 7 nitrogen and oxygen atoms in total. The maximum Gasteiger partial charge on any atom is 0.175 e.